The number of amides is 4. The molecule has 1 N–H and O–H groups in total. The average Bonchev–Trinajstić information content (AvgIpc) is 2.87. The van der Waals surface area contributed by atoms with E-state index >= 15 is 0 Å². The van der Waals surface area contributed by atoms with E-state index in [4.69, 9.17) is 0 Å². The molecule has 3 atom stereocenters. The van der Waals surface area contributed by atoms with Crippen LogP contribution < -0.4 is 5.32 Å². The fourth-order valence-corrected chi connectivity index (χ4v) is 5.34. The first-order valence-corrected chi connectivity index (χ1v) is 13.3. The van der Waals surface area contributed by atoms with Gasteiger partial charge in [0, 0.05) is 13.6 Å². The highest BCUT2D eigenvalue weighted by atomic mass is 32.2. The van der Waals surface area contributed by atoms with E-state index in [1.807, 2.05) is 78.7 Å². The van der Waals surface area contributed by atoms with Crippen molar-refractivity contribution < 1.29 is 14.4 Å². The van der Waals surface area contributed by atoms with Crippen LogP contribution in [0.1, 0.15) is 30.5 Å². The van der Waals surface area contributed by atoms with Crippen LogP contribution in [0.5, 0.6) is 0 Å². The topological polar surface area (TPSA) is 76.2 Å². The second-order valence-corrected chi connectivity index (χ2v) is 9.95. The summed E-state index contributed by atoms with van der Waals surface area (Å²) < 4.78 is 0. The number of fused-ring (bicyclic) bond motifs is 1. The lowest BCUT2D eigenvalue weighted by atomic mass is 9.99. The second kappa shape index (κ2) is 11.1. The number of nitrogens with zero attached hydrogens (tertiary/aromatic N) is 4. The molecule has 2 aliphatic heterocycles. The summed E-state index contributed by atoms with van der Waals surface area (Å²) in [5, 5.41) is 6.26. The predicted molar refractivity (Wildman–Crippen MR) is 137 cm³/mol. The molecule has 0 spiro atoms. The summed E-state index contributed by atoms with van der Waals surface area (Å²) in [5.74, 6) is 0.557. The van der Waals surface area contributed by atoms with Crippen molar-refractivity contribution in [3.63, 3.8) is 0 Å². The van der Waals surface area contributed by atoms with Gasteiger partial charge in [0.05, 0.1) is 19.1 Å². The maximum absolute atomic E-state index is 13.7. The molecule has 2 aromatic carbocycles. The maximum Gasteiger partial charge on any atom is 0.334 e. The monoisotopic (exact) mass is 495 g/mol. The van der Waals surface area contributed by atoms with E-state index in [-0.39, 0.29) is 37.0 Å². The van der Waals surface area contributed by atoms with E-state index < -0.39 is 12.2 Å². The molecule has 0 aliphatic carbocycles. The Morgan fingerprint density at radius 2 is 1.74 bits per heavy atom. The van der Waals surface area contributed by atoms with E-state index in [1.54, 1.807) is 33.7 Å². The molecule has 2 heterocycles. The summed E-state index contributed by atoms with van der Waals surface area (Å²) >= 11 is 1.65. The van der Waals surface area contributed by atoms with Crippen LogP contribution in [0.2, 0.25) is 0 Å². The first-order valence-electron chi connectivity index (χ1n) is 11.9. The molecule has 0 aromatic heterocycles. The maximum atomic E-state index is 13.7. The summed E-state index contributed by atoms with van der Waals surface area (Å²) in [4.78, 5) is 43.8. The zero-order valence-corrected chi connectivity index (χ0v) is 21.3. The highest BCUT2D eigenvalue weighted by Crippen LogP contribution is 2.32. The van der Waals surface area contributed by atoms with Crippen LogP contribution in [-0.4, -0.2) is 82.0 Å². The molecule has 0 saturated carbocycles. The van der Waals surface area contributed by atoms with Crippen LogP contribution in [0.25, 0.3) is 0 Å². The lowest BCUT2D eigenvalue weighted by Gasteiger charge is -2.55. The molecular formula is C26H33N5O3S. The fourth-order valence-electron chi connectivity index (χ4n) is 4.89. The third-order valence-corrected chi connectivity index (χ3v) is 7.37. The van der Waals surface area contributed by atoms with Gasteiger partial charge in [0.15, 0.2) is 0 Å². The van der Waals surface area contributed by atoms with Crippen molar-refractivity contribution >= 4 is 29.6 Å². The van der Waals surface area contributed by atoms with Gasteiger partial charge in [-0.3, -0.25) is 9.59 Å². The van der Waals surface area contributed by atoms with Crippen molar-refractivity contribution in [3.05, 3.63) is 71.8 Å². The van der Waals surface area contributed by atoms with Gasteiger partial charge in [-0.25, -0.2) is 14.8 Å². The quantitative estimate of drug-likeness (QED) is 0.639. The Balaban J connectivity index is 1.63. The number of carbonyl (C=O) groups excluding carboxylic acids is 3. The largest absolute Gasteiger partial charge is 0.334 e. The fraction of sp³-hybridized carbons (Fsp3) is 0.423. The number of hydrogen-bond acceptors (Lipinski definition) is 5. The molecule has 4 rings (SSSR count). The summed E-state index contributed by atoms with van der Waals surface area (Å²) in [7, 11) is 1.75. The number of hydrogen-bond donors (Lipinski definition) is 1. The van der Waals surface area contributed by atoms with E-state index in [0.717, 1.165) is 16.9 Å². The van der Waals surface area contributed by atoms with Crippen LogP contribution in [0.15, 0.2) is 60.7 Å². The van der Waals surface area contributed by atoms with Crippen molar-refractivity contribution in [2.45, 2.75) is 38.1 Å². The number of hydrazine groups is 1. The molecule has 2 saturated heterocycles. The number of piperazine rings is 1. The summed E-state index contributed by atoms with van der Waals surface area (Å²) in [5.41, 5.74) is 2.01. The lowest BCUT2D eigenvalue weighted by Crippen LogP contribution is -2.76. The average molecular weight is 496 g/mol. The number of benzene rings is 2. The standard InChI is InChI=1S/C26H33N5O3S/c1-19(21-12-8-5-9-13-21)29-17-23-30(22(25(29)33)14-15-35-3)24(32)18-28(2)31(23)26(34)27-16-20-10-6-4-7-11-20/h4-13,19,22-23H,14-18H2,1-3H3,(H,27,34)/t19-,22-,23-/m0/s1. The molecule has 2 fully saturated rings. The SMILES string of the molecule is CSCC[C@H]1C(=O)N([C@@H](C)c2ccccc2)C[C@H]2N1C(=O)CN(C)N2C(=O)NCc1ccccc1. The van der Waals surface area contributed by atoms with Crippen molar-refractivity contribution in [3.8, 4) is 0 Å². The summed E-state index contributed by atoms with van der Waals surface area (Å²) in [6, 6.07) is 18.5. The van der Waals surface area contributed by atoms with Gasteiger partial charge in [-0.05, 0) is 36.5 Å². The Hall–Kier alpha value is -3.04. The minimum Gasteiger partial charge on any atom is -0.333 e. The first-order chi connectivity index (χ1) is 16.9. The van der Waals surface area contributed by atoms with E-state index in [1.165, 1.54) is 0 Å². The smallest absolute Gasteiger partial charge is 0.333 e. The van der Waals surface area contributed by atoms with Gasteiger partial charge < -0.3 is 15.1 Å². The number of likely N-dealkylation sites (N-methyl/N-ethyl adjacent to an activating group) is 1. The minimum atomic E-state index is -0.599. The molecule has 4 amide bonds. The number of rotatable bonds is 7. The molecule has 0 bridgehead atoms. The van der Waals surface area contributed by atoms with Crippen LogP contribution in [0.3, 0.4) is 0 Å². The first kappa shape index (κ1) is 25.1. The number of thioether (sulfide) groups is 1. The van der Waals surface area contributed by atoms with Crippen LogP contribution in [0.4, 0.5) is 4.79 Å². The van der Waals surface area contributed by atoms with Crippen molar-refractivity contribution in [2.75, 3.05) is 32.1 Å². The van der Waals surface area contributed by atoms with Crippen molar-refractivity contribution in [1.29, 1.82) is 0 Å². The predicted octanol–water partition coefficient (Wildman–Crippen LogP) is 2.94. The van der Waals surface area contributed by atoms with Gasteiger partial charge in [0.1, 0.15) is 12.2 Å². The number of urea groups is 1. The molecule has 0 radical (unpaired) electrons. The third-order valence-electron chi connectivity index (χ3n) is 6.73. The zero-order valence-electron chi connectivity index (χ0n) is 20.5. The van der Waals surface area contributed by atoms with E-state index in [0.29, 0.717) is 13.0 Å². The highest BCUT2D eigenvalue weighted by Gasteiger charge is 2.51. The van der Waals surface area contributed by atoms with Crippen molar-refractivity contribution in [1.82, 2.24) is 25.1 Å². The minimum absolute atomic E-state index is 0.0482. The highest BCUT2D eigenvalue weighted by molar-refractivity contribution is 7.98. The van der Waals surface area contributed by atoms with Crippen LogP contribution >= 0.6 is 11.8 Å². The van der Waals surface area contributed by atoms with Crippen LogP contribution in [0, 0.1) is 0 Å². The molecule has 2 aliphatic rings. The van der Waals surface area contributed by atoms with Gasteiger partial charge in [0.25, 0.3) is 0 Å². The Morgan fingerprint density at radius 3 is 2.40 bits per heavy atom. The van der Waals surface area contributed by atoms with Crippen LogP contribution in [-0.2, 0) is 16.1 Å². The second-order valence-electron chi connectivity index (χ2n) is 8.96. The van der Waals surface area contributed by atoms with Gasteiger partial charge in [-0.1, -0.05) is 60.7 Å². The van der Waals surface area contributed by atoms with E-state index in [2.05, 4.69) is 5.32 Å². The number of carbonyl (C=O) groups is 3. The molecule has 8 nitrogen and oxygen atoms in total. The van der Waals surface area contributed by atoms with Gasteiger partial charge >= 0.3 is 6.03 Å². The Morgan fingerprint density at radius 1 is 1.09 bits per heavy atom. The van der Waals surface area contributed by atoms with E-state index in [9.17, 15) is 14.4 Å². The molecular weight excluding hydrogens is 462 g/mol. The third kappa shape index (κ3) is 5.31. The van der Waals surface area contributed by atoms with Gasteiger partial charge in [0.2, 0.25) is 11.8 Å². The number of nitrogens with one attached hydrogen (secondary N) is 1. The Kier molecular flexibility index (Phi) is 7.97. The zero-order chi connectivity index (χ0) is 24.9. The molecule has 35 heavy (non-hydrogen) atoms. The lowest BCUT2D eigenvalue weighted by molar-refractivity contribution is -0.189. The molecule has 9 heteroatoms. The summed E-state index contributed by atoms with van der Waals surface area (Å²) in [6.45, 7) is 2.68. The Bertz CT molecular complexity index is 1040. The molecule has 186 valence electrons. The van der Waals surface area contributed by atoms with Crippen molar-refractivity contribution in [2.24, 2.45) is 0 Å². The molecule has 0 unspecified atom stereocenters. The van der Waals surface area contributed by atoms with Gasteiger partial charge in [-0.2, -0.15) is 11.8 Å². The Labute approximate surface area is 211 Å². The normalized spacial score (nSPS) is 21.6. The molecule has 2 aromatic rings. The van der Waals surface area contributed by atoms with Gasteiger partial charge in [-0.15, -0.1) is 0 Å². The summed E-state index contributed by atoms with van der Waals surface area (Å²) in [6.07, 6.45) is 1.96.